The van der Waals surface area contributed by atoms with Gasteiger partial charge in [0.25, 0.3) is 5.91 Å². The normalized spacial score (nSPS) is 15.1. The first kappa shape index (κ1) is 20.1. The van der Waals surface area contributed by atoms with E-state index in [2.05, 4.69) is 15.0 Å². The molecule has 1 atom stereocenters. The molecule has 1 fully saturated rings. The van der Waals surface area contributed by atoms with E-state index in [1.165, 1.54) is 24.3 Å². The molecule has 1 heterocycles. The summed E-state index contributed by atoms with van der Waals surface area (Å²) in [6.45, 7) is 0. The third-order valence-electron chi connectivity index (χ3n) is 5.03. The minimum absolute atomic E-state index is 0.0150. The highest BCUT2D eigenvalue weighted by Gasteiger charge is 2.28. The fraction of sp³-hybridized carbons (Fsp3) is 0.238. The van der Waals surface area contributed by atoms with Crippen molar-refractivity contribution in [1.82, 2.24) is 15.0 Å². The molecule has 1 amide bonds. The molecule has 0 aliphatic heterocycles. The molecule has 0 bridgehead atoms. The molecule has 4 N–H and O–H groups in total. The summed E-state index contributed by atoms with van der Waals surface area (Å²) in [5.41, 5.74) is 1.86. The van der Waals surface area contributed by atoms with E-state index in [1.54, 1.807) is 6.20 Å². The summed E-state index contributed by atoms with van der Waals surface area (Å²) in [6.07, 6.45) is 3.50. The fourth-order valence-electron chi connectivity index (χ4n) is 3.24. The predicted octanol–water partition coefficient (Wildman–Crippen LogP) is 2.03. The minimum Gasteiger partial charge on any atom is -0.480 e. The first-order valence-electron chi connectivity index (χ1n) is 9.54. The molecule has 30 heavy (non-hydrogen) atoms. The lowest BCUT2D eigenvalue weighted by Gasteiger charge is -2.14. The Morgan fingerprint density at radius 1 is 1.10 bits per heavy atom. The van der Waals surface area contributed by atoms with Crippen molar-refractivity contribution in [3.63, 3.8) is 0 Å². The standard InChI is InChI=1S/C21H21N3O5S/c25-20(13-5-9-16(10-6-13)30(28,29)24-15-7-8-15)23-19(21(26)27)11-14-12-22-18-4-2-1-3-17(14)18/h1-6,9-10,12,15,19,22,24H,7-8,11H2,(H,23,25)(H,26,27)/t19-/m0/s1. The number of rotatable bonds is 8. The lowest BCUT2D eigenvalue weighted by Crippen LogP contribution is -2.42. The summed E-state index contributed by atoms with van der Waals surface area (Å²) in [5, 5.41) is 13.0. The van der Waals surface area contributed by atoms with Crippen LogP contribution >= 0.6 is 0 Å². The first-order valence-corrected chi connectivity index (χ1v) is 11.0. The summed E-state index contributed by atoms with van der Waals surface area (Å²) < 4.78 is 27.0. The lowest BCUT2D eigenvalue weighted by molar-refractivity contribution is -0.139. The van der Waals surface area contributed by atoms with E-state index >= 15 is 0 Å². The van der Waals surface area contributed by atoms with Gasteiger partial charge >= 0.3 is 5.97 Å². The highest BCUT2D eigenvalue weighted by atomic mass is 32.2. The van der Waals surface area contributed by atoms with Crippen LogP contribution in [0.3, 0.4) is 0 Å². The zero-order valence-corrected chi connectivity index (χ0v) is 16.8. The van der Waals surface area contributed by atoms with Crippen molar-refractivity contribution in [3.05, 3.63) is 65.9 Å². The van der Waals surface area contributed by atoms with Gasteiger partial charge in [-0.3, -0.25) is 4.79 Å². The van der Waals surface area contributed by atoms with Gasteiger partial charge in [0.15, 0.2) is 0 Å². The van der Waals surface area contributed by atoms with E-state index < -0.39 is 27.9 Å². The van der Waals surface area contributed by atoms with Crippen molar-refractivity contribution < 1.29 is 23.1 Å². The number of aliphatic carboxylic acids is 1. The van der Waals surface area contributed by atoms with Gasteiger partial charge in [0, 0.05) is 35.1 Å². The van der Waals surface area contributed by atoms with Crippen LogP contribution in [-0.2, 0) is 21.2 Å². The maximum absolute atomic E-state index is 12.6. The molecular formula is C21H21N3O5S. The zero-order chi connectivity index (χ0) is 21.3. The number of hydrogen-bond acceptors (Lipinski definition) is 4. The number of carboxylic acids is 1. The van der Waals surface area contributed by atoms with Crippen LogP contribution in [0.15, 0.2) is 59.6 Å². The highest BCUT2D eigenvalue weighted by molar-refractivity contribution is 7.89. The van der Waals surface area contributed by atoms with Gasteiger partial charge in [0.2, 0.25) is 10.0 Å². The number of carbonyl (C=O) groups is 2. The van der Waals surface area contributed by atoms with Crippen LogP contribution < -0.4 is 10.0 Å². The van der Waals surface area contributed by atoms with Gasteiger partial charge in [-0.2, -0.15) is 0 Å². The van der Waals surface area contributed by atoms with E-state index in [4.69, 9.17) is 0 Å². The van der Waals surface area contributed by atoms with Crippen LogP contribution in [0, 0.1) is 0 Å². The second-order valence-corrected chi connectivity index (χ2v) is 9.06. The quantitative estimate of drug-likeness (QED) is 0.437. The molecule has 2 aromatic carbocycles. The summed E-state index contributed by atoms with van der Waals surface area (Å²) >= 11 is 0. The van der Waals surface area contributed by atoms with Gasteiger partial charge in [-0.15, -0.1) is 0 Å². The molecule has 3 aromatic rings. The third-order valence-corrected chi connectivity index (χ3v) is 6.56. The van der Waals surface area contributed by atoms with Crippen molar-refractivity contribution in [3.8, 4) is 0 Å². The molecule has 156 valence electrons. The molecule has 4 rings (SSSR count). The van der Waals surface area contributed by atoms with Gasteiger partial charge < -0.3 is 15.4 Å². The number of carbonyl (C=O) groups excluding carboxylic acids is 1. The third kappa shape index (κ3) is 4.37. The molecular weight excluding hydrogens is 406 g/mol. The van der Waals surface area contributed by atoms with Gasteiger partial charge in [-0.05, 0) is 48.7 Å². The Balaban J connectivity index is 1.47. The summed E-state index contributed by atoms with van der Waals surface area (Å²) in [5.74, 6) is -1.73. The number of aromatic nitrogens is 1. The van der Waals surface area contributed by atoms with Crippen LogP contribution in [0.25, 0.3) is 10.9 Å². The van der Waals surface area contributed by atoms with Crippen LogP contribution in [0.2, 0.25) is 0 Å². The average Bonchev–Trinajstić information content (AvgIpc) is 3.44. The Kier molecular flexibility index (Phi) is 5.31. The topological polar surface area (TPSA) is 128 Å². The molecule has 9 heteroatoms. The number of carboxylic acid groups (broad SMARTS) is 1. The molecule has 0 saturated heterocycles. The Hall–Kier alpha value is -3.17. The van der Waals surface area contributed by atoms with E-state index in [0.717, 1.165) is 29.3 Å². The molecule has 0 radical (unpaired) electrons. The van der Waals surface area contributed by atoms with Crippen molar-refractivity contribution in [2.75, 3.05) is 0 Å². The number of H-pyrrole nitrogens is 1. The molecule has 8 nitrogen and oxygen atoms in total. The number of nitrogens with one attached hydrogen (secondary N) is 3. The van der Waals surface area contributed by atoms with Crippen LogP contribution in [-0.4, -0.2) is 42.5 Å². The lowest BCUT2D eigenvalue weighted by atomic mass is 10.0. The largest absolute Gasteiger partial charge is 0.480 e. The monoisotopic (exact) mass is 427 g/mol. The van der Waals surface area contributed by atoms with Gasteiger partial charge in [0.05, 0.1) is 4.90 Å². The smallest absolute Gasteiger partial charge is 0.326 e. The maximum Gasteiger partial charge on any atom is 0.326 e. The SMILES string of the molecule is O=C(N[C@@H](Cc1c[nH]c2ccccc12)C(=O)O)c1ccc(S(=O)(=O)NC2CC2)cc1. The number of fused-ring (bicyclic) bond motifs is 1. The zero-order valence-electron chi connectivity index (χ0n) is 16.0. The number of aromatic amines is 1. The number of amides is 1. The number of benzene rings is 2. The summed E-state index contributed by atoms with van der Waals surface area (Å²) in [4.78, 5) is 27.4. The van der Waals surface area contributed by atoms with E-state index in [-0.39, 0.29) is 22.9 Å². The average molecular weight is 427 g/mol. The minimum atomic E-state index is -3.61. The van der Waals surface area contributed by atoms with Gasteiger partial charge in [0.1, 0.15) is 6.04 Å². The first-order chi connectivity index (χ1) is 14.3. The molecule has 1 aliphatic rings. The molecule has 1 aliphatic carbocycles. The Morgan fingerprint density at radius 3 is 2.47 bits per heavy atom. The Labute approximate surface area is 173 Å². The van der Waals surface area contributed by atoms with Crippen molar-refractivity contribution >= 4 is 32.8 Å². The summed E-state index contributed by atoms with van der Waals surface area (Å²) in [6, 6.07) is 11.8. The number of sulfonamides is 1. The molecule has 0 unspecified atom stereocenters. The molecule has 1 aromatic heterocycles. The van der Waals surface area contributed by atoms with Crippen LogP contribution in [0.1, 0.15) is 28.8 Å². The fourth-order valence-corrected chi connectivity index (χ4v) is 4.54. The van der Waals surface area contributed by atoms with Gasteiger partial charge in [-0.1, -0.05) is 18.2 Å². The number of hydrogen-bond donors (Lipinski definition) is 4. The second-order valence-electron chi connectivity index (χ2n) is 7.35. The Bertz CT molecular complexity index is 1200. The second kappa shape index (κ2) is 7.92. The van der Waals surface area contributed by atoms with Crippen molar-refractivity contribution in [1.29, 1.82) is 0 Å². The predicted molar refractivity (Wildman–Crippen MR) is 111 cm³/mol. The highest BCUT2D eigenvalue weighted by Crippen LogP contribution is 2.22. The van der Waals surface area contributed by atoms with Gasteiger partial charge in [-0.25, -0.2) is 17.9 Å². The van der Waals surface area contributed by atoms with E-state index in [9.17, 15) is 23.1 Å². The van der Waals surface area contributed by atoms with Crippen LogP contribution in [0.4, 0.5) is 0 Å². The molecule has 0 spiro atoms. The molecule has 1 saturated carbocycles. The summed E-state index contributed by atoms with van der Waals surface area (Å²) in [7, 11) is -3.61. The van der Waals surface area contributed by atoms with Crippen LogP contribution in [0.5, 0.6) is 0 Å². The van der Waals surface area contributed by atoms with E-state index in [1.807, 2.05) is 24.3 Å². The van der Waals surface area contributed by atoms with E-state index in [0.29, 0.717) is 0 Å². The van der Waals surface area contributed by atoms with Crippen molar-refractivity contribution in [2.24, 2.45) is 0 Å². The number of para-hydroxylation sites is 1. The van der Waals surface area contributed by atoms with Crippen molar-refractivity contribution in [2.45, 2.75) is 36.2 Å². The maximum atomic E-state index is 12.6. The Morgan fingerprint density at radius 2 is 1.80 bits per heavy atom.